The number of hydrogen-bond donors (Lipinski definition) is 2. The van der Waals surface area contributed by atoms with Gasteiger partial charge in [0.05, 0.1) is 12.7 Å². The molecule has 29 heavy (non-hydrogen) atoms. The molecule has 4 rings (SSSR count). The van der Waals surface area contributed by atoms with Crippen LogP contribution < -0.4 is 0 Å². The van der Waals surface area contributed by atoms with E-state index < -0.39 is 23.2 Å². The van der Waals surface area contributed by atoms with Crippen LogP contribution in [-0.2, 0) is 12.1 Å². The fourth-order valence-corrected chi connectivity index (χ4v) is 3.34. The van der Waals surface area contributed by atoms with Crippen LogP contribution in [0.2, 0.25) is 0 Å². The van der Waals surface area contributed by atoms with Crippen LogP contribution in [0.3, 0.4) is 0 Å². The summed E-state index contributed by atoms with van der Waals surface area (Å²) in [5.41, 5.74) is 0.489. The summed E-state index contributed by atoms with van der Waals surface area (Å²) in [6.45, 7) is 1.65. The smallest absolute Gasteiger partial charge is 0.137 e. The minimum absolute atomic E-state index is 0.0392. The third kappa shape index (κ3) is 3.64. The van der Waals surface area contributed by atoms with Crippen LogP contribution in [0.4, 0.5) is 8.78 Å². The van der Waals surface area contributed by atoms with E-state index in [1.807, 2.05) is 6.07 Å². The minimum Gasteiger partial charge on any atom is -0.382 e. The van der Waals surface area contributed by atoms with Gasteiger partial charge in [0.25, 0.3) is 0 Å². The number of hydrogen-bond acceptors (Lipinski definition) is 5. The quantitative estimate of drug-likeness (QED) is 0.523. The SMILES string of the molecule is C[C@H](c1ccc(-c2cn[nH]c2)cn1)[C@@](O)(Cn1cncn1)c1ccc(F)cc1F. The van der Waals surface area contributed by atoms with Gasteiger partial charge in [0.2, 0.25) is 0 Å². The molecule has 2 atom stereocenters. The third-order valence-electron chi connectivity index (χ3n) is 5.05. The monoisotopic (exact) mass is 396 g/mol. The van der Waals surface area contributed by atoms with Crippen LogP contribution >= 0.6 is 0 Å². The first-order valence-corrected chi connectivity index (χ1v) is 8.93. The van der Waals surface area contributed by atoms with Crippen LogP contribution in [0.5, 0.6) is 0 Å². The molecule has 2 N–H and O–H groups in total. The Morgan fingerprint density at radius 2 is 2.03 bits per heavy atom. The lowest BCUT2D eigenvalue weighted by molar-refractivity contribution is -0.0123. The van der Waals surface area contributed by atoms with Crippen molar-refractivity contribution in [3.05, 3.63) is 84.5 Å². The van der Waals surface area contributed by atoms with E-state index in [1.165, 1.54) is 23.4 Å². The number of nitrogens with zero attached hydrogens (tertiary/aromatic N) is 5. The van der Waals surface area contributed by atoms with Crippen LogP contribution in [-0.4, -0.2) is 35.1 Å². The van der Waals surface area contributed by atoms with E-state index in [1.54, 1.807) is 31.6 Å². The van der Waals surface area contributed by atoms with Crippen molar-refractivity contribution in [3.8, 4) is 11.1 Å². The van der Waals surface area contributed by atoms with Gasteiger partial charge in [-0.15, -0.1) is 0 Å². The maximum Gasteiger partial charge on any atom is 0.137 e. The highest BCUT2D eigenvalue weighted by atomic mass is 19.1. The number of halogens is 2. The zero-order valence-corrected chi connectivity index (χ0v) is 15.5. The Hall–Kier alpha value is -3.46. The zero-order chi connectivity index (χ0) is 20.4. The molecule has 148 valence electrons. The summed E-state index contributed by atoms with van der Waals surface area (Å²) in [5, 5.41) is 22.3. The molecule has 7 nitrogen and oxygen atoms in total. The molecular formula is C20H18F2N6O. The maximum absolute atomic E-state index is 14.6. The number of rotatable bonds is 6. The summed E-state index contributed by atoms with van der Waals surface area (Å²) in [7, 11) is 0. The van der Waals surface area contributed by atoms with Crippen LogP contribution in [0, 0.1) is 11.6 Å². The van der Waals surface area contributed by atoms with E-state index in [-0.39, 0.29) is 12.1 Å². The Bertz CT molecular complexity index is 1080. The zero-order valence-electron chi connectivity index (χ0n) is 15.5. The van der Waals surface area contributed by atoms with Crippen molar-refractivity contribution < 1.29 is 13.9 Å². The van der Waals surface area contributed by atoms with Gasteiger partial charge >= 0.3 is 0 Å². The number of nitrogens with one attached hydrogen (secondary N) is 1. The Morgan fingerprint density at radius 1 is 1.17 bits per heavy atom. The number of H-pyrrole nitrogens is 1. The van der Waals surface area contributed by atoms with E-state index >= 15 is 0 Å². The van der Waals surface area contributed by atoms with Crippen molar-refractivity contribution in [2.45, 2.75) is 25.0 Å². The lowest BCUT2D eigenvalue weighted by Gasteiger charge is -2.34. The molecule has 4 aromatic rings. The third-order valence-corrected chi connectivity index (χ3v) is 5.05. The number of aromatic nitrogens is 6. The predicted molar refractivity (Wildman–Crippen MR) is 101 cm³/mol. The Morgan fingerprint density at radius 3 is 2.66 bits per heavy atom. The van der Waals surface area contributed by atoms with E-state index in [4.69, 9.17) is 0 Å². The van der Waals surface area contributed by atoms with Gasteiger partial charge in [-0.25, -0.2) is 18.4 Å². The summed E-state index contributed by atoms with van der Waals surface area (Å²) in [6.07, 6.45) is 7.83. The molecule has 9 heteroatoms. The van der Waals surface area contributed by atoms with Gasteiger partial charge in [-0.05, 0) is 12.1 Å². The fraction of sp³-hybridized carbons (Fsp3) is 0.200. The van der Waals surface area contributed by atoms with Crippen molar-refractivity contribution in [2.24, 2.45) is 0 Å². The second-order valence-corrected chi connectivity index (χ2v) is 6.82. The highest BCUT2D eigenvalue weighted by Gasteiger charge is 2.40. The maximum atomic E-state index is 14.6. The lowest BCUT2D eigenvalue weighted by Crippen LogP contribution is -2.38. The molecular weight excluding hydrogens is 378 g/mol. The average molecular weight is 396 g/mol. The molecule has 0 aliphatic rings. The molecule has 0 amide bonds. The number of pyridine rings is 1. The van der Waals surface area contributed by atoms with Gasteiger partial charge in [-0.2, -0.15) is 10.2 Å². The van der Waals surface area contributed by atoms with Crippen molar-refractivity contribution in [3.63, 3.8) is 0 Å². The van der Waals surface area contributed by atoms with E-state index in [9.17, 15) is 13.9 Å². The molecule has 0 aliphatic heterocycles. The summed E-state index contributed by atoms with van der Waals surface area (Å²) in [6, 6.07) is 6.73. The van der Waals surface area contributed by atoms with Crippen molar-refractivity contribution in [1.82, 2.24) is 29.9 Å². The van der Waals surface area contributed by atoms with Crippen LogP contribution in [0.25, 0.3) is 11.1 Å². The molecule has 0 saturated heterocycles. The van der Waals surface area contributed by atoms with Gasteiger partial charge in [0.1, 0.15) is 29.9 Å². The van der Waals surface area contributed by atoms with Gasteiger partial charge in [-0.3, -0.25) is 10.1 Å². The fourth-order valence-electron chi connectivity index (χ4n) is 3.34. The molecule has 3 heterocycles. The molecule has 0 saturated carbocycles. The first kappa shape index (κ1) is 18.9. The van der Waals surface area contributed by atoms with Crippen LogP contribution in [0.15, 0.2) is 61.6 Å². The van der Waals surface area contributed by atoms with E-state index in [0.717, 1.165) is 23.3 Å². The standard InChI is InChI=1S/C20H18F2N6O/c1-13(19-5-2-14(7-24-19)15-8-25-26-9-15)20(29,10-28-12-23-11-27-28)17-4-3-16(21)6-18(17)22/h2-9,11-13,29H,10H2,1H3,(H,25,26)/t13-,20+/m1/s1. The second-order valence-electron chi connectivity index (χ2n) is 6.82. The normalized spacial score (nSPS) is 14.5. The Balaban J connectivity index is 1.74. The van der Waals surface area contributed by atoms with E-state index in [2.05, 4.69) is 25.3 Å². The molecule has 0 aliphatic carbocycles. The summed E-state index contributed by atoms with van der Waals surface area (Å²) >= 11 is 0. The molecule has 0 spiro atoms. The molecule has 1 aromatic carbocycles. The second kappa shape index (κ2) is 7.51. The molecule has 0 radical (unpaired) electrons. The molecule has 0 unspecified atom stereocenters. The topological polar surface area (TPSA) is 92.5 Å². The number of aromatic amines is 1. The summed E-state index contributed by atoms with van der Waals surface area (Å²) < 4.78 is 29.5. The Kier molecular flexibility index (Phi) is 4.89. The molecule has 0 fully saturated rings. The van der Waals surface area contributed by atoms with Gasteiger partial charge in [0, 0.05) is 46.8 Å². The number of aliphatic hydroxyl groups is 1. The first-order valence-electron chi connectivity index (χ1n) is 8.93. The van der Waals surface area contributed by atoms with Crippen molar-refractivity contribution in [1.29, 1.82) is 0 Å². The van der Waals surface area contributed by atoms with Gasteiger partial charge < -0.3 is 5.11 Å². The minimum atomic E-state index is -1.74. The van der Waals surface area contributed by atoms with Crippen molar-refractivity contribution >= 4 is 0 Å². The summed E-state index contributed by atoms with van der Waals surface area (Å²) in [4.78, 5) is 8.33. The molecule has 0 bridgehead atoms. The Labute approximate surface area is 165 Å². The highest BCUT2D eigenvalue weighted by molar-refractivity contribution is 5.60. The van der Waals surface area contributed by atoms with Gasteiger partial charge in [0.15, 0.2) is 0 Å². The average Bonchev–Trinajstić information content (AvgIpc) is 3.41. The van der Waals surface area contributed by atoms with Crippen LogP contribution in [0.1, 0.15) is 24.1 Å². The summed E-state index contributed by atoms with van der Waals surface area (Å²) in [5.74, 6) is -2.19. The highest BCUT2D eigenvalue weighted by Crippen LogP contribution is 2.39. The van der Waals surface area contributed by atoms with E-state index in [0.29, 0.717) is 5.69 Å². The lowest BCUT2D eigenvalue weighted by atomic mass is 9.79. The van der Waals surface area contributed by atoms with Gasteiger partial charge in [-0.1, -0.05) is 19.1 Å². The predicted octanol–water partition coefficient (Wildman–Crippen LogP) is 3.03. The largest absolute Gasteiger partial charge is 0.382 e. The molecule has 3 aromatic heterocycles. The van der Waals surface area contributed by atoms with Crippen molar-refractivity contribution in [2.75, 3.05) is 0 Å². The first-order chi connectivity index (χ1) is 14.0. The number of benzene rings is 1.